The van der Waals surface area contributed by atoms with Crippen molar-refractivity contribution in [2.75, 3.05) is 0 Å². The number of hydrogen-bond acceptors (Lipinski definition) is 1. The highest BCUT2D eigenvalue weighted by atomic mass is 16.3. The van der Waals surface area contributed by atoms with E-state index in [1.807, 2.05) is 0 Å². The first kappa shape index (κ1) is 5.58. The Morgan fingerprint density at radius 1 is 0.636 bits per heavy atom. The molecule has 0 aliphatic heterocycles. The van der Waals surface area contributed by atoms with Gasteiger partial charge in [0.1, 0.15) is 0 Å². The Hall–Kier alpha value is -0.0400. The molecule has 6 atom stereocenters. The van der Waals surface area contributed by atoms with Crippen LogP contribution in [-0.2, 0) is 0 Å². The van der Waals surface area contributed by atoms with Gasteiger partial charge in [0, 0.05) is 0 Å². The predicted molar refractivity (Wildman–Crippen MR) is 40.8 cm³/mol. The first-order valence-corrected chi connectivity index (χ1v) is 5.04. The zero-order valence-electron chi connectivity index (χ0n) is 6.61. The van der Waals surface area contributed by atoms with Crippen molar-refractivity contribution in [3.05, 3.63) is 0 Å². The summed E-state index contributed by atoms with van der Waals surface area (Å²) in [5, 5.41) is 9.85. The van der Waals surface area contributed by atoms with E-state index < -0.39 is 0 Å². The lowest BCUT2D eigenvalue weighted by Gasteiger charge is -2.06. The molecular formula is C10H14O. The molecule has 1 nitrogen and oxygen atoms in total. The molecule has 4 rings (SSSR count). The third-order valence-electron chi connectivity index (χ3n) is 4.65. The summed E-state index contributed by atoms with van der Waals surface area (Å²) >= 11 is 0. The molecule has 0 aromatic heterocycles. The van der Waals surface area contributed by atoms with Crippen LogP contribution in [0.5, 0.6) is 0 Å². The molecule has 0 amide bonds. The molecule has 0 bridgehead atoms. The lowest BCUT2D eigenvalue weighted by Crippen LogP contribution is -2.13. The maximum absolute atomic E-state index is 9.85. The van der Waals surface area contributed by atoms with Crippen LogP contribution in [0.15, 0.2) is 0 Å². The van der Waals surface area contributed by atoms with Gasteiger partial charge in [-0.05, 0) is 54.8 Å². The zero-order chi connectivity index (χ0) is 7.16. The summed E-state index contributed by atoms with van der Waals surface area (Å²) in [5.41, 5.74) is 0. The molecule has 4 aliphatic carbocycles. The summed E-state index contributed by atoms with van der Waals surface area (Å²) in [6.45, 7) is 0. The van der Waals surface area contributed by atoms with E-state index in [2.05, 4.69) is 0 Å². The Kier molecular flexibility index (Phi) is 0.706. The number of aliphatic hydroxyl groups excluding tert-OH is 1. The van der Waals surface area contributed by atoms with Crippen molar-refractivity contribution in [1.82, 2.24) is 0 Å². The van der Waals surface area contributed by atoms with Crippen molar-refractivity contribution in [3.8, 4) is 0 Å². The Morgan fingerprint density at radius 2 is 1.00 bits per heavy atom. The highest BCUT2D eigenvalue weighted by Crippen LogP contribution is 2.72. The van der Waals surface area contributed by atoms with Gasteiger partial charge in [0.05, 0.1) is 6.10 Å². The lowest BCUT2D eigenvalue weighted by atomic mass is 10.1. The van der Waals surface area contributed by atoms with Crippen molar-refractivity contribution in [3.63, 3.8) is 0 Å². The highest BCUT2D eigenvalue weighted by Gasteiger charge is 2.68. The van der Waals surface area contributed by atoms with Gasteiger partial charge in [0.2, 0.25) is 0 Å². The topological polar surface area (TPSA) is 20.2 Å². The van der Waals surface area contributed by atoms with Crippen molar-refractivity contribution in [2.45, 2.75) is 25.4 Å². The highest BCUT2D eigenvalue weighted by molar-refractivity contribution is 5.16. The molecule has 0 unspecified atom stereocenters. The molecule has 4 fully saturated rings. The van der Waals surface area contributed by atoms with Gasteiger partial charge in [-0.1, -0.05) is 0 Å². The number of aliphatic hydroxyl groups is 1. The average Bonchev–Trinajstić information content (AvgIpc) is 2.81. The van der Waals surface area contributed by atoms with Crippen LogP contribution >= 0.6 is 0 Å². The molecule has 0 saturated heterocycles. The second-order valence-electron chi connectivity index (χ2n) is 5.18. The summed E-state index contributed by atoms with van der Waals surface area (Å²) < 4.78 is 0. The summed E-state index contributed by atoms with van der Waals surface area (Å²) in [4.78, 5) is 0. The molecule has 4 saturated carbocycles. The van der Waals surface area contributed by atoms with Crippen LogP contribution in [0.2, 0.25) is 0 Å². The summed E-state index contributed by atoms with van der Waals surface area (Å²) in [6, 6.07) is 0. The van der Waals surface area contributed by atoms with Gasteiger partial charge in [0.25, 0.3) is 0 Å². The number of fused-ring (bicyclic) bond motifs is 5. The summed E-state index contributed by atoms with van der Waals surface area (Å²) in [5.74, 6) is 5.61. The monoisotopic (exact) mass is 150 g/mol. The smallest absolute Gasteiger partial charge is 0.0602 e. The molecule has 1 heteroatoms. The Balaban J connectivity index is 1.72. The Morgan fingerprint density at radius 3 is 1.55 bits per heavy atom. The summed E-state index contributed by atoms with van der Waals surface area (Å²) in [6.07, 6.45) is 4.38. The Bertz CT molecular complexity index is 199. The molecule has 11 heavy (non-hydrogen) atoms. The number of hydrogen-bond donors (Lipinski definition) is 1. The van der Waals surface area contributed by atoms with E-state index in [4.69, 9.17) is 0 Å². The van der Waals surface area contributed by atoms with E-state index in [-0.39, 0.29) is 6.10 Å². The molecule has 0 radical (unpaired) electrons. The van der Waals surface area contributed by atoms with Crippen molar-refractivity contribution < 1.29 is 5.11 Å². The fourth-order valence-corrected chi connectivity index (χ4v) is 3.78. The second-order valence-corrected chi connectivity index (χ2v) is 5.18. The maximum Gasteiger partial charge on any atom is 0.0602 e. The molecule has 0 aromatic carbocycles. The van der Waals surface area contributed by atoms with E-state index >= 15 is 0 Å². The lowest BCUT2D eigenvalue weighted by molar-refractivity contribution is 0.118. The fourth-order valence-electron chi connectivity index (χ4n) is 3.78. The third-order valence-corrected chi connectivity index (χ3v) is 4.65. The summed E-state index contributed by atoms with van der Waals surface area (Å²) in [7, 11) is 0. The van der Waals surface area contributed by atoms with Crippen LogP contribution in [-0.4, -0.2) is 11.2 Å². The minimum absolute atomic E-state index is 0.123. The van der Waals surface area contributed by atoms with E-state index in [0.717, 1.165) is 35.5 Å². The van der Waals surface area contributed by atoms with Crippen LogP contribution in [0.4, 0.5) is 0 Å². The van der Waals surface area contributed by atoms with Gasteiger partial charge in [-0.3, -0.25) is 0 Å². The van der Waals surface area contributed by atoms with Crippen LogP contribution < -0.4 is 0 Å². The molecular weight excluding hydrogens is 136 g/mol. The average molecular weight is 150 g/mol. The maximum atomic E-state index is 9.85. The first-order chi connectivity index (χ1) is 5.36. The Labute approximate surface area is 66.8 Å². The van der Waals surface area contributed by atoms with Gasteiger partial charge < -0.3 is 5.11 Å². The van der Waals surface area contributed by atoms with Gasteiger partial charge in [-0.15, -0.1) is 0 Å². The van der Waals surface area contributed by atoms with E-state index in [1.54, 1.807) is 0 Å². The van der Waals surface area contributed by atoms with Crippen LogP contribution in [0.25, 0.3) is 0 Å². The predicted octanol–water partition coefficient (Wildman–Crippen LogP) is 1.27. The molecule has 0 spiro atoms. The quantitative estimate of drug-likeness (QED) is 0.551. The van der Waals surface area contributed by atoms with Crippen molar-refractivity contribution in [1.29, 1.82) is 0 Å². The van der Waals surface area contributed by atoms with Gasteiger partial charge in [-0.25, -0.2) is 0 Å². The van der Waals surface area contributed by atoms with Crippen molar-refractivity contribution in [2.24, 2.45) is 35.5 Å². The van der Waals surface area contributed by atoms with Gasteiger partial charge >= 0.3 is 0 Å². The van der Waals surface area contributed by atoms with E-state index in [0.29, 0.717) is 0 Å². The largest absolute Gasteiger partial charge is 0.393 e. The standard InChI is InChI=1S/C10H14O/c11-10-8-2-6(8)4-1-5(4)7-3-9(7)10/h4-11H,1-3H2/t4-,5-,6-,7-,8-,9-/m0/s1. The molecule has 1 N–H and O–H groups in total. The normalized spacial score (nSPS) is 75.5. The van der Waals surface area contributed by atoms with Gasteiger partial charge in [0.15, 0.2) is 0 Å². The minimum Gasteiger partial charge on any atom is -0.393 e. The van der Waals surface area contributed by atoms with E-state index in [9.17, 15) is 5.11 Å². The van der Waals surface area contributed by atoms with Crippen LogP contribution in [0, 0.1) is 35.5 Å². The molecule has 60 valence electrons. The zero-order valence-corrected chi connectivity index (χ0v) is 6.61. The molecule has 0 aromatic rings. The number of rotatable bonds is 0. The van der Waals surface area contributed by atoms with Gasteiger partial charge in [-0.2, -0.15) is 0 Å². The minimum atomic E-state index is 0.123. The third kappa shape index (κ3) is 0.547. The SMILES string of the molecule is OC1[C@H]2C[C@H]2[C@H]2C[C@@H]2[C@@H]2C[C@H]12. The van der Waals surface area contributed by atoms with Crippen LogP contribution in [0.3, 0.4) is 0 Å². The molecule has 4 aliphatic rings. The van der Waals surface area contributed by atoms with Crippen molar-refractivity contribution >= 4 is 0 Å². The van der Waals surface area contributed by atoms with Crippen LogP contribution in [0.1, 0.15) is 19.3 Å². The first-order valence-electron chi connectivity index (χ1n) is 5.04. The van der Waals surface area contributed by atoms with E-state index in [1.165, 1.54) is 19.3 Å². The molecule has 0 heterocycles. The fraction of sp³-hybridized carbons (Fsp3) is 1.00. The second kappa shape index (κ2) is 1.39.